The third kappa shape index (κ3) is 3.84. The maximum absolute atomic E-state index is 12.3. The SMILES string of the molecule is C[C@@H](NCC(=O)Nc1ccnn1C1CCCC1)[C@H](C)n1cccn1. The summed E-state index contributed by atoms with van der Waals surface area (Å²) in [5.41, 5.74) is 0. The quantitative estimate of drug-likeness (QED) is 0.817. The highest BCUT2D eigenvalue weighted by molar-refractivity contribution is 5.91. The molecule has 2 heterocycles. The van der Waals surface area contributed by atoms with Crippen LogP contribution in [0.3, 0.4) is 0 Å². The van der Waals surface area contributed by atoms with Gasteiger partial charge in [0.1, 0.15) is 5.82 Å². The van der Waals surface area contributed by atoms with Gasteiger partial charge in [0.25, 0.3) is 0 Å². The number of carbonyl (C=O) groups excluding carboxylic acids is 1. The van der Waals surface area contributed by atoms with Crippen LogP contribution >= 0.6 is 0 Å². The molecule has 3 rings (SSSR count). The fourth-order valence-electron chi connectivity index (χ4n) is 3.21. The summed E-state index contributed by atoms with van der Waals surface area (Å²) in [4.78, 5) is 12.3. The Bertz CT molecular complexity index is 644. The van der Waals surface area contributed by atoms with Crippen LogP contribution in [0.5, 0.6) is 0 Å². The van der Waals surface area contributed by atoms with Crippen molar-refractivity contribution in [2.45, 2.75) is 57.7 Å². The fraction of sp³-hybridized carbons (Fsp3) is 0.588. The highest BCUT2D eigenvalue weighted by Gasteiger charge is 2.21. The zero-order chi connectivity index (χ0) is 16.9. The van der Waals surface area contributed by atoms with E-state index in [0.29, 0.717) is 6.04 Å². The van der Waals surface area contributed by atoms with Gasteiger partial charge in [0.05, 0.1) is 24.8 Å². The van der Waals surface area contributed by atoms with Crippen molar-refractivity contribution in [2.24, 2.45) is 0 Å². The van der Waals surface area contributed by atoms with Gasteiger partial charge in [-0.3, -0.25) is 9.48 Å². The molecule has 1 aliphatic carbocycles. The number of anilines is 1. The summed E-state index contributed by atoms with van der Waals surface area (Å²) < 4.78 is 3.85. The first-order valence-corrected chi connectivity index (χ1v) is 8.71. The largest absolute Gasteiger partial charge is 0.310 e. The molecule has 1 saturated carbocycles. The molecule has 0 unspecified atom stereocenters. The second-order valence-electron chi connectivity index (χ2n) is 6.54. The van der Waals surface area contributed by atoms with Gasteiger partial charge >= 0.3 is 0 Å². The maximum atomic E-state index is 12.3. The first kappa shape index (κ1) is 16.7. The first-order valence-electron chi connectivity index (χ1n) is 8.71. The van der Waals surface area contributed by atoms with Crippen molar-refractivity contribution in [2.75, 3.05) is 11.9 Å². The first-order chi connectivity index (χ1) is 11.6. The van der Waals surface area contributed by atoms with E-state index in [4.69, 9.17) is 0 Å². The zero-order valence-corrected chi connectivity index (χ0v) is 14.4. The Balaban J connectivity index is 1.50. The molecule has 0 radical (unpaired) electrons. The topological polar surface area (TPSA) is 76.8 Å². The van der Waals surface area contributed by atoms with E-state index in [1.165, 1.54) is 12.8 Å². The Morgan fingerprint density at radius 3 is 2.79 bits per heavy atom. The van der Waals surface area contributed by atoms with Crippen LogP contribution < -0.4 is 10.6 Å². The molecule has 2 atom stereocenters. The smallest absolute Gasteiger partial charge is 0.239 e. The number of nitrogens with zero attached hydrogens (tertiary/aromatic N) is 4. The van der Waals surface area contributed by atoms with Crippen LogP contribution in [-0.2, 0) is 4.79 Å². The molecule has 0 saturated heterocycles. The molecule has 1 amide bonds. The summed E-state index contributed by atoms with van der Waals surface area (Å²) in [6.45, 7) is 4.41. The summed E-state index contributed by atoms with van der Waals surface area (Å²) in [6, 6.07) is 4.50. The van der Waals surface area contributed by atoms with Crippen molar-refractivity contribution in [1.29, 1.82) is 0 Å². The Kier molecular flexibility index (Phi) is 5.30. The molecule has 0 aliphatic heterocycles. The van der Waals surface area contributed by atoms with Gasteiger partial charge in [0.15, 0.2) is 0 Å². The van der Waals surface area contributed by atoms with Crippen LogP contribution in [0.15, 0.2) is 30.7 Å². The number of carbonyl (C=O) groups is 1. The highest BCUT2D eigenvalue weighted by atomic mass is 16.2. The molecule has 1 fully saturated rings. The van der Waals surface area contributed by atoms with Crippen LogP contribution in [-0.4, -0.2) is 38.1 Å². The summed E-state index contributed by atoms with van der Waals surface area (Å²) >= 11 is 0. The average molecular weight is 330 g/mol. The van der Waals surface area contributed by atoms with Crippen LogP contribution in [0.2, 0.25) is 0 Å². The van der Waals surface area contributed by atoms with Crippen LogP contribution in [0.25, 0.3) is 0 Å². The van der Waals surface area contributed by atoms with Crippen molar-refractivity contribution >= 4 is 11.7 Å². The fourth-order valence-corrected chi connectivity index (χ4v) is 3.21. The number of aromatic nitrogens is 4. The third-order valence-corrected chi connectivity index (χ3v) is 4.86. The third-order valence-electron chi connectivity index (χ3n) is 4.86. The molecular formula is C17H26N6O. The molecule has 7 heteroatoms. The summed E-state index contributed by atoms with van der Waals surface area (Å²) in [5.74, 6) is 0.746. The Labute approximate surface area is 142 Å². The lowest BCUT2D eigenvalue weighted by Crippen LogP contribution is -2.39. The van der Waals surface area contributed by atoms with E-state index in [-0.39, 0.29) is 24.5 Å². The van der Waals surface area contributed by atoms with Crippen molar-refractivity contribution < 1.29 is 4.79 Å². The Morgan fingerprint density at radius 2 is 2.08 bits per heavy atom. The maximum Gasteiger partial charge on any atom is 0.239 e. The lowest BCUT2D eigenvalue weighted by Gasteiger charge is -2.21. The molecule has 24 heavy (non-hydrogen) atoms. The summed E-state index contributed by atoms with van der Waals surface area (Å²) in [6.07, 6.45) is 10.2. The number of hydrogen-bond acceptors (Lipinski definition) is 4. The van der Waals surface area contributed by atoms with Crippen molar-refractivity contribution in [1.82, 2.24) is 24.9 Å². The van der Waals surface area contributed by atoms with Gasteiger partial charge in [-0.05, 0) is 32.8 Å². The number of hydrogen-bond donors (Lipinski definition) is 2. The average Bonchev–Trinajstić information content (AvgIpc) is 3.32. The molecule has 0 spiro atoms. The van der Waals surface area contributed by atoms with Gasteiger partial charge in [-0.15, -0.1) is 0 Å². The monoisotopic (exact) mass is 330 g/mol. The second kappa shape index (κ2) is 7.61. The van der Waals surface area contributed by atoms with E-state index in [1.54, 1.807) is 12.4 Å². The van der Waals surface area contributed by atoms with Gasteiger partial charge in [-0.1, -0.05) is 12.8 Å². The van der Waals surface area contributed by atoms with Crippen LogP contribution in [0.4, 0.5) is 5.82 Å². The number of rotatable bonds is 7. The Hall–Kier alpha value is -2.15. The minimum absolute atomic E-state index is 0.0470. The van der Waals surface area contributed by atoms with Crippen molar-refractivity contribution in [3.8, 4) is 0 Å². The highest BCUT2D eigenvalue weighted by Crippen LogP contribution is 2.31. The summed E-state index contributed by atoms with van der Waals surface area (Å²) in [7, 11) is 0. The molecule has 2 aromatic heterocycles. The van der Waals surface area contributed by atoms with E-state index in [9.17, 15) is 4.79 Å². The lowest BCUT2D eigenvalue weighted by molar-refractivity contribution is -0.115. The van der Waals surface area contributed by atoms with Gasteiger partial charge in [0.2, 0.25) is 5.91 Å². The van der Waals surface area contributed by atoms with E-state index in [2.05, 4.69) is 34.7 Å². The standard InChI is InChI=1S/C17H26N6O/c1-13(14(2)22-11-5-9-19-22)18-12-17(24)21-16-8-10-20-23(16)15-6-3-4-7-15/h5,8-11,13-15,18H,3-4,6-7,12H2,1-2H3,(H,21,24)/t13-,14+/m1/s1. The lowest BCUT2D eigenvalue weighted by atomic mass is 10.2. The van der Waals surface area contributed by atoms with E-state index >= 15 is 0 Å². The molecule has 0 bridgehead atoms. The Morgan fingerprint density at radius 1 is 1.29 bits per heavy atom. The predicted octanol–water partition coefficient (Wildman–Crippen LogP) is 2.37. The van der Waals surface area contributed by atoms with Crippen molar-refractivity contribution in [3.63, 3.8) is 0 Å². The minimum atomic E-state index is -0.0470. The molecule has 130 valence electrons. The minimum Gasteiger partial charge on any atom is -0.310 e. The van der Waals surface area contributed by atoms with E-state index < -0.39 is 0 Å². The molecule has 7 nitrogen and oxygen atoms in total. The van der Waals surface area contributed by atoms with Crippen LogP contribution in [0, 0.1) is 0 Å². The molecule has 2 aromatic rings. The van der Waals surface area contributed by atoms with Gasteiger partial charge in [-0.2, -0.15) is 10.2 Å². The number of nitrogens with one attached hydrogen (secondary N) is 2. The normalized spacial score (nSPS) is 17.8. The van der Waals surface area contributed by atoms with Gasteiger partial charge < -0.3 is 10.6 Å². The number of amides is 1. The van der Waals surface area contributed by atoms with E-state index in [1.807, 2.05) is 27.7 Å². The van der Waals surface area contributed by atoms with Crippen molar-refractivity contribution in [3.05, 3.63) is 30.7 Å². The zero-order valence-electron chi connectivity index (χ0n) is 14.4. The molecule has 0 aromatic carbocycles. The molecular weight excluding hydrogens is 304 g/mol. The van der Waals surface area contributed by atoms with Gasteiger partial charge in [0, 0.05) is 24.5 Å². The van der Waals surface area contributed by atoms with E-state index in [0.717, 1.165) is 18.7 Å². The molecule has 1 aliphatic rings. The van der Waals surface area contributed by atoms with Crippen LogP contribution in [0.1, 0.15) is 51.6 Å². The molecule has 2 N–H and O–H groups in total. The summed E-state index contributed by atoms with van der Waals surface area (Å²) in [5, 5.41) is 14.9. The van der Waals surface area contributed by atoms with Gasteiger partial charge in [-0.25, -0.2) is 4.68 Å². The predicted molar refractivity (Wildman–Crippen MR) is 92.8 cm³/mol. The second-order valence-corrected chi connectivity index (χ2v) is 6.54.